The van der Waals surface area contributed by atoms with Gasteiger partial charge in [0.1, 0.15) is 5.75 Å². The zero-order chi connectivity index (χ0) is 22.8. The van der Waals surface area contributed by atoms with Gasteiger partial charge >= 0.3 is 0 Å². The summed E-state index contributed by atoms with van der Waals surface area (Å²) in [7, 11) is -3.77. The maximum Gasteiger partial charge on any atom is 0.243 e. The van der Waals surface area contributed by atoms with Crippen molar-refractivity contribution in [1.29, 1.82) is 0 Å². The Morgan fingerprint density at radius 2 is 1.94 bits per heavy atom. The first-order valence-electron chi connectivity index (χ1n) is 10.1. The first-order valence-corrected chi connectivity index (χ1v) is 12.7. The van der Waals surface area contributed by atoms with Crippen LogP contribution in [0.3, 0.4) is 0 Å². The fourth-order valence-corrected chi connectivity index (χ4v) is 6.31. The summed E-state index contributed by atoms with van der Waals surface area (Å²) in [4.78, 5) is 13.1. The summed E-state index contributed by atoms with van der Waals surface area (Å²) in [5, 5.41) is 3.24. The smallest absolute Gasteiger partial charge is 0.243 e. The Morgan fingerprint density at radius 3 is 2.55 bits per heavy atom. The standard InChI is InChI=1S/C22H26BrClN2O4S/c1-4-30-20-8-7-18(12-19(20)24)31(28,29)26-9-5-6-16(13-26)22(27)25-21-14(2)10-17(23)11-15(21)3/h7-8,10-12,16H,4-6,9,13H2,1-3H3,(H,25,27)/t16-/m0/s1. The largest absolute Gasteiger partial charge is 0.492 e. The second-order valence-corrected chi connectivity index (χ2v) is 10.9. The summed E-state index contributed by atoms with van der Waals surface area (Å²) in [5.74, 6) is -0.151. The molecule has 1 aliphatic heterocycles. The van der Waals surface area contributed by atoms with Gasteiger partial charge in [-0.25, -0.2) is 8.42 Å². The highest BCUT2D eigenvalue weighted by atomic mass is 79.9. The van der Waals surface area contributed by atoms with Crippen molar-refractivity contribution >= 4 is 49.1 Å². The van der Waals surface area contributed by atoms with Crippen LogP contribution in [0.15, 0.2) is 39.7 Å². The molecule has 2 aromatic carbocycles. The van der Waals surface area contributed by atoms with Crippen molar-refractivity contribution in [1.82, 2.24) is 4.31 Å². The Hall–Kier alpha value is -1.61. The van der Waals surface area contributed by atoms with E-state index in [9.17, 15) is 13.2 Å². The van der Waals surface area contributed by atoms with Gasteiger partial charge in [-0.05, 0) is 75.1 Å². The molecule has 0 bridgehead atoms. The number of nitrogens with zero attached hydrogens (tertiary/aromatic N) is 1. The topological polar surface area (TPSA) is 75.7 Å². The minimum atomic E-state index is -3.77. The number of hydrogen-bond acceptors (Lipinski definition) is 4. The van der Waals surface area contributed by atoms with E-state index >= 15 is 0 Å². The van der Waals surface area contributed by atoms with E-state index in [1.165, 1.54) is 16.4 Å². The van der Waals surface area contributed by atoms with Crippen molar-refractivity contribution in [3.63, 3.8) is 0 Å². The van der Waals surface area contributed by atoms with Crippen LogP contribution in [0.1, 0.15) is 30.9 Å². The molecule has 6 nitrogen and oxygen atoms in total. The number of aryl methyl sites for hydroxylation is 2. The third-order valence-corrected chi connectivity index (χ3v) is 7.96. The van der Waals surface area contributed by atoms with Crippen molar-refractivity contribution in [3.05, 3.63) is 51.0 Å². The molecule has 1 fully saturated rings. The van der Waals surface area contributed by atoms with Gasteiger partial charge in [0.05, 0.1) is 22.4 Å². The maximum atomic E-state index is 13.2. The number of carbonyl (C=O) groups excluding carboxylic acids is 1. The van der Waals surface area contributed by atoms with Crippen molar-refractivity contribution < 1.29 is 17.9 Å². The highest BCUT2D eigenvalue weighted by molar-refractivity contribution is 9.10. The highest BCUT2D eigenvalue weighted by Crippen LogP contribution is 2.31. The molecule has 2 aromatic rings. The summed E-state index contributed by atoms with van der Waals surface area (Å²) in [5.41, 5.74) is 2.67. The van der Waals surface area contributed by atoms with Crippen LogP contribution in [0, 0.1) is 19.8 Å². The van der Waals surface area contributed by atoms with E-state index in [0.29, 0.717) is 31.7 Å². The van der Waals surface area contributed by atoms with E-state index in [2.05, 4.69) is 21.2 Å². The van der Waals surface area contributed by atoms with Crippen molar-refractivity contribution in [2.45, 2.75) is 38.5 Å². The molecule has 31 heavy (non-hydrogen) atoms. The van der Waals surface area contributed by atoms with Crippen LogP contribution in [0.5, 0.6) is 5.75 Å². The van der Waals surface area contributed by atoms with Crippen LogP contribution in [0.4, 0.5) is 5.69 Å². The van der Waals surface area contributed by atoms with Gasteiger partial charge in [0.25, 0.3) is 0 Å². The summed E-state index contributed by atoms with van der Waals surface area (Å²) in [6.07, 6.45) is 1.25. The molecular weight excluding hydrogens is 504 g/mol. The number of carbonyl (C=O) groups is 1. The Labute approximate surface area is 197 Å². The molecule has 0 saturated carbocycles. The average Bonchev–Trinajstić information content (AvgIpc) is 2.72. The normalized spacial score (nSPS) is 17.4. The van der Waals surface area contributed by atoms with E-state index in [-0.39, 0.29) is 22.4 Å². The SMILES string of the molecule is CCOc1ccc(S(=O)(=O)N2CCC[C@H](C(=O)Nc3c(C)cc(Br)cc3C)C2)cc1Cl. The molecule has 168 valence electrons. The quantitative estimate of drug-likeness (QED) is 0.561. The predicted octanol–water partition coefficient (Wildman–Crippen LogP) is 5.16. The van der Waals surface area contributed by atoms with Crippen LogP contribution in [0.2, 0.25) is 5.02 Å². The fourth-order valence-electron chi connectivity index (χ4n) is 3.77. The lowest BCUT2D eigenvalue weighted by Crippen LogP contribution is -2.43. The lowest BCUT2D eigenvalue weighted by atomic mass is 9.98. The lowest BCUT2D eigenvalue weighted by Gasteiger charge is -2.31. The first kappa shape index (κ1) is 24.0. The molecule has 9 heteroatoms. The Bertz CT molecular complexity index is 1070. The van der Waals surface area contributed by atoms with Gasteiger partial charge in [0, 0.05) is 23.2 Å². The predicted molar refractivity (Wildman–Crippen MR) is 126 cm³/mol. The molecule has 1 saturated heterocycles. The second kappa shape index (κ2) is 9.90. The summed E-state index contributed by atoms with van der Waals surface area (Å²) in [6.45, 7) is 6.63. The molecular formula is C22H26BrClN2O4S. The molecule has 1 aliphatic rings. The third kappa shape index (κ3) is 5.42. The van der Waals surface area contributed by atoms with E-state index in [1.54, 1.807) is 6.07 Å². The second-order valence-electron chi connectivity index (χ2n) is 7.63. The Kier molecular flexibility index (Phi) is 7.68. The van der Waals surface area contributed by atoms with Crippen LogP contribution in [-0.2, 0) is 14.8 Å². The summed E-state index contributed by atoms with van der Waals surface area (Å²) < 4.78 is 34.0. The minimum absolute atomic E-state index is 0.0987. The van der Waals surface area contributed by atoms with Crippen LogP contribution in [-0.4, -0.2) is 38.3 Å². The maximum absolute atomic E-state index is 13.2. The van der Waals surface area contributed by atoms with Gasteiger partial charge in [-0.3, -0.25) is 4.79 Å². The Balaban J connectivity index is 1.77. The van der Waals surface area contributed by atoms with Gasteiger partial charge in [0.2, 0.25) is 15.9 Å². The number of halogens is 2. The molecule has 3 rings (SSSR count). The van der Waals surface area contributed by atoms with Gasteiger partial charge in [-0.15, -0.1) is 0 Å². The van der Waals surface area contributed by atoms with Gasteiger partial charge in [-0.2, -0.15) is 4.31 Å². The number of sulfonamides is 1. The zero-order valence-corrected chi connectivity index (χ0v) is 20.9. The van der Waals surface area contributed by atoms with Gasteiger partial charge < -0.3 is 10.1 Å². The number of benzene rings is 2. The number of hydrogen-bond donors (Lipinski definition) is 1. The van der Waals surface area contributed by atoms with Gasteiger partial charge in [0.15, 0.2) is 0 Å². The van der Waals surface area contributed by atoms with E-state index in [0.717, 1.165) is 21.3 Å². The zero-order valence-electron chi connectivity index (χ0n) is 17.7. The number of ether oxygens (including phenoxy) is 1. The average molecular weight is 530 g/mol. The molecule has 0 radical (unpaired) electrons. The number of nitrogens with one attached hydrogen (secondary N) is 1. The van der Waals surface area contributed by atoms with Gasteiger partial charge in [-0.1, -0.05) is 27.5 Å². The van der Waals surface area contributed by atoms with Crippen molar-refractivity contribution in [2.24, 2.45) is 5.92 Å². The molecule has 0 unspecified atom stereocenters. The number of piperidine rings is 1. The minimum Gasteiger partial charge on any atom is -0.492 e. The monoisotopic (exact) mass is 528 g/mol. The lowest BCUT2D eigenvalue weighted by molar-refractivity contribution is -0.120. The summed E-state index contributed by atoms with van der Waals surface area (Å²) >= 11 is 9.64. The molecule has 1 atom stereocenters. The van der Waals surface area contributed by atoms with Crippen molar-refractivity contribution in [2.75, 3.05) is 25.0 Å². The molecule has 1 N–H and O–H groups in total. The fraction of sp³-hybridized carbons (Fsp3) is 0.409. The molecule has 0 spiro atoms. The number of rotatable bonds is 6. The van der Waals surface area contributed by atoms with Crippen LogP contribution < -0.4 is 10.1 Å². The van der Waals surface area contributed by atoms with E-state index in [4.69, 9.17) is 16.3 Å². The van der Waals surface area contributed by atoms with E-state index in [1.807, 2.05) is 32.9 Å². The highest BCUT2D eigenvalue weighted by Gasteiger charge is 2.34. The molecule has 0 aliphatic carbocycles. The summed E-state index contributed by atoms with van der Waals surface area (Å²) in [6, 6.07) is 8.34. The van der Waals surface area contributed by atoms with Crippen molar-refractivity contribution in [3.8, 4) is 5.75 Å². The van der Waals surface area contributed by atoms with Crippen LogP contribution >= 0.6 is 27.5 Å². The van der Waals surface area contributed by atoms with E-state index < -0.39 is 15.9 Å². The Morgan fingerprint density at radius 1 is 1.26 bits per heavy atom. The first-order chi connectivity index (χ1) is 14.6. The molecule has 1 heterocycles. The van der Waals surface area contributed by atoms with Crippen LogP contribution in [0.25, 0.3) is 0 Å². The number of anilines is 1. The third-order valence-electron chi connectivity index (χ3n) is 5.34. The number of amides is 1. The molecule has 1 amide bonds. The molecule has 0 aromatic heterocycles.